The minimum Gasteiger partial charge on any atom is -0.480 e. The number of urea groups is 1. The van der Waals surface area contributed by atoms with Crippen LogP contribution < -0.4 is 10.6 Å². The van der Waals surface area contributed by atoms with Gasteiger partial charge in [-0.3, -0.25) is 0 Å². The molecule has 1 aromatic carbocycles. The van der Waals surface area contributed by atoms with E-state index in [1.54, 1.807) is 0 Å². The summed E-state index contributed by atoms with van der Waals surface area (Å²) < 4.78 is 13.3. The summed E-state index contributed by atoms with van der Waals surface area (Å²) in [5, 5.41) is 21.9. The lowest BCUT2D eigenvalue weighted by atomic mass is 10.2. The molecule has 0 saturated carbocycles. The zero-order chi connectivity index (χ0) is 14.4. The summed E-state index contributed by atoms with van der Waals surface area (Å²) in [5.74, 6) is -2.00. The lowest BCUT2D eigenvalue weighted by Gasteiger charge is -2.14. The SMILES string of the molecule is O=C(Nc1cc(Cl)ccc1F)N[C@@H](CCO)C(=O)O. The number of amides is 2. The number of benzene rings is 1. The van der Waals surface area contributed by atoms with Gasteiger partial charge in [-0.05, 0) is 18.2 Å². The Kier molecular flexibility index (Phi) is 5.53. The molecule has 1 rings (SSSR count). The number of aliphatic carboxylic acids is 1. The number of anilines is 1. The molecule has 0 aliphatic rings. The summed E-state index contributed by atoms with van der Waals surface area (Å²) in [6.45, 7) is -0.400. The van der Waals surface area contributed by atoms with Crippen molar-refractivity contribution in [1.82, 2.24) is 5.32 Å². The standard InChI is InChI=1S/C11H12ClFN2O4/c12-6-1-2-7(13)9(5-6)15-11(19)14-8(3-4-16)10(17)18/h1-2,5,8,16H,3-4H2,(H,17,18)(H2,14,15,19)/t8-/m0/s1. The minimum absolute atomic E-state index is 0.152. The molecule has 0 aliphatic heterocycles. The van der Waals surface area contributed by atoms with Gasteiger partial charge < -0.3 is 20.8 Å². The van der Waals surface area contributed by atoms with Crippen LogP contribution in [0.3, 0.4) is 0 Å². The molecule has 0 spiro atoms. The van der Waals surface area contributed by atoms with Crippen LogP contribution in [0.15, 0.2) is 18.2 Å². The van der Waals surface area contributed by atoms with E-state index in [0.717, 1.165) is 6.07 Å². The van der Waals surface area contributed by atoms with Crippen LogP contribution in [0.25, 0.3) is 0 Å². The summed E-state index contributed by atoms with van der Waals surface area (Å²) in [5.41, 5.74) is -0.168. The number of nitrogens with one attached hydrogen (secondary N) is 2. The van der Waals surface area contributed by atoms with Crippen molar-refractivity contribution in [2.45, 2.75) is 12.5 Å². The van der Waals surface area contributed by atoms with E-state index in [1.165, 1.54) is 12.1 Å². The van der Waals surface area contributed by atoms with Crippen molar-refractivity contribution < 1.29 is 24.2 Å². The lowest BCUT2D eigenvalue weighted by molar-refractivity contribution is -0.139. The number of rotatable bonds is 5. The summed E-state index contributed by atoms with van der Waals surface area (Å²) in [7, 11) is 0. The molecular formula is C11H12ClFN2O4. The van der Waals surface area contributed by atoms with Gasteiger partial charge in [-0.2, -0.15) is 0 Å². The third-order valence-corrected chi connectivity index (χ3v) is 2.43. The average molecular weight is 291 g/mol. The number of carbonyl (C=O) groups is 2. The molecule has 0 aromatic heterocycles. The van der Waals surface area contributed by atoms with Gasteiger partial charge in [0.05, 0.1) is 5.69 Å². The molecule has 4 N–H and O–H groups in total. The second kappa shape index (κ2) is 6.91. The molecule has 19 heavy (non-hydrogen) atoms. The van der Waals surface area contributed by atoms with Crippen LogP contribution >= 0.6 is 11.6 Å². The molecule has 6 nitrogen and oxygen atoms in total. The Labute approximate surface area is 113 Å². The van der Waals surface area contributed by atoms with E-state index < -0.39 is 30.5 Å². The molecule has 0 bridgehead atoms. The predicted molar refractivity (Wildman–Crippen MR) is 66.7 cm³/mol. The van der Waals surface area contributed by atoms with Crippen molar-refractivity contribution >= 4 is 29.3 Å². The van der Waals surface area contributed by atoms with Crippen LogP contribution in [0.5, 0.6) is 0 Å². The highest BCUT2D eigenvalue weighted by Crippen LogP contribution is 2.19. The van der Waals surface area contributed by atoms with Crippen LogP contribution in [0.4, 0.5) is 14.9 Å². The Balaban J connectivity index is 2.68. The number of carboxylic acid groups (broad SMARTS) is 1. The largest absolute Gasteiger partial charge is 0.480 e. The van der Waals surface area contributed by atoms with Crippen molar-refractivity contribution in [3.8, 4) is 0 Å². The highest BCUT2D eigenvalue weighted by molar-refractivity contribution is 6.30. The highest BCUT2D eigenvalue weighted by Gasteiger charge is 2.19. The Bertz CT molecular complexity index is 484. The molecule has 8 heteroatoms. The predicted octanol–water partition coefficient (Wildman–Crippen LogP) is 1.44. The second-order valence-electron chi connectivity index (χ2n) is 3.63. The lowest BCUT2D eigenvalue weighted by Crippen LogP contribution is -2.43. The number of carbonyl (C=O) groups excluding carboxylic acids is 1. The monoisotopic (exact) mass is 290 g/mol. The number of halogens is 2. The maximum atomic E-state index is 13.3. The summed E-state index contributed by atoms with van der Waals surface area (Å²) in [6, 6.07) is 1.42. The van der Waals surface area contributed by atoms with E-state index in [1.807, 2.05) is 0 Å². The fourth-order valence-corrected chi connectivity index (χ4v) is 1.47. The number of hydrogen-bond acceptors (Lipinski definition) is 3. The van der Waals surface area contributed by atoms with Gasteiger partial charge >= 0.3 is 12.0 Å². The van der Waals surface area contributed by atoms with Gasteiger partial charge in [-0.15, -0.1) is 0 Å². The van der Waals surface area contributed by atoms with Gasteiger partial charge in [0.2, 0.25) is 0 Å². The maximum absolute atomic E-state index is 13.3. The smallest absolute Gasteiger partial charge is 0.326 e. The van der Waals surface area contributed by atoms with E-state index in [0.29, 0.717) is 0 Å². The average Bonchev–Trinajstić information content (AvgIpc) is 2.33. The van der Waals surface area contributed by atoms with Gasteiger partial charge in [-0.25, -0.2) is 14.0 Å². The first-order valence-corrected chi connectivity index (χ1v) is 5.68. The summed E-state index contributed by atoms with van der Waals surface area (Å²) in [4.78, 5) is 22.2. The summed E-state index contributed by atoms with van der Waals surface area (Å²) in [6.07, 6.45) is -0.152. The van der Waals surface area contributed by atoms with E-state index in [9.17, 15) is 14.0 Å². The Morgan fingerprint density at radius 3 is 2.68 bits per heavy atom. The van der Waals surface area contributed by atoms with Gasteiger partial charge in [0, 0.05) is 18.1 Å². The first-order valence-electron chi connectivity index (χ1n) is 5.30. The third kappa shape index (κ3) is 4.72. The number of aliphatic hydroxyl groups excluding tert-OH is 1. The fourth-order valence-electron chi connectivity index (χ4n) is 1.30. The van der Waals surface area contributed by atoms with Crippen molar-refractivity contribution in [3.63, 3.8) is 0 Å². The third-order valence-electron chi connectivity index (χ3n) is 2.20. The fraction of sp³-hybridized carbons (Fsp3) is 0.273. The van der Waals surface area contributed by atoms with Crippen molar-refractivity contribution in [1.29, 1.82) is 0 Å². The topological polar surface area (TPSA) is 98.7 Å². The van der Waals surface area contributed by atoms with Gasteiger partial charge in [0.1, 0.15) is 11.9 Å². The van der Waals surface area contributed by atoms with Crippen molar-refractivity contribution in [2.24, 2.45) is 0 Å². The first-order chi connectivity index (χ1) is 8.93. The van der Waals surface area contributed by atoms with Crippen LogP contribution in [0.2, 0.25) is 5.02 Å². The Morgan fingerprint density at radius 2 is 2.11 bits per heavy atom. The first kappa shape index (κ1) is 15.2. The molecule has 1 atom stereocenters. The highest BCUT2D eigenvalue weighted by atomic mass is 35.5. The number of aliphatic hydroxyl groups is 1. The molecule has 104 valence electrons. The normalized spacial score (nSPS) is 11.7. The molecule has 0 aliphatic carbocycles. The van der Waals surface area contributed by atoms with Crippen molar-refractivity contribution in [2.75, 3.05) is 11.9 Å². The molecular weight excluding hydrogens is 279 g/mol. The quantitative estimate of drug-likeness (QED) is 0.659. The van der Waals surface area contributed by atoms with Crippen LogP contribution in [-0.4, -0.2) is 34.9 Å². The Morgan fingerprint density at radius 1 is 1.42 bits per heavy atom. The molecule has 0 radical (unpaired) electrons. The van der Waals surface area contributed by atoms with Crippen LogP contribution in [0, 0.1) is 5.82 Å². The zero-order valence-corrected chi connectivity index (χ0v) is 10.4. The van der Waals surface area contributed by atoms with E-state index in [-0.39, 0.29) is 17.1 Å². The van der Waals surface area contributed by atoms with Crippen LogP contribution in [0.1, 0.15) is 6.42 Å². The molecule has 2 amide bonds. The summed E-state index contributed by atoms with van der Waals surface area (Å²) >= 11 is 5.64. The van der Waals surface area contributed by atoms with Gasteiger partial charge in [0.15, 0.2) is 0 Å². The molecule has 0 heterocycles. The van der Waals surface area contributed by atoms with Gasteiger partial charge in [0.25, 0.3) is 0 Å². The number of hydrogen-bond donors (Lipinski definition) is 4. The Hall–Kier alpha value is -1.86. The second-order valence-corrected chi connectivity index (χ2v) is 4.06. The maximum Gasteiger partial charge on any atom is 0.326 e. The van der Waals surface area contributed by atoms with Crippen LogP contribution in [-0.2, 0) is 4.79 Å². The van der Waals surface area contributed by atoms with Gasteiger partial charge in [-0.1, -0.05) is 11.6 Å². The molecule has 0 unspecified atom stereocenters. The number of carboxylic acids is 1. The molecule has 0 fully saturated rings. The van der Waals surface area contributed by atoms with E-state index in [2.05, 4.69) is 10.6 Å². The van der Waals surface area contributed by atoms with E-state index >= 15 is 0 Å². The molecule has 0 saturated heterocycles. The zero-order valence-electron chi connectivity index (χ0n) is 9.69. The van der Waals surface area contributed by atoms with Crippen molar-refractivity contribution in [3.05, 3.63) is 29.0 Å². The van der Waals surface area contributed by atoms with E-state index in [4.69, 9.17) is 21.8 Å². The molecule has 1 aromatic rings. The minimum atomic E-state index is -1.30.